The summed E-state index contributed by atoms with van der Waals surface area (Å²) in [5.41, 5.74) is 0.559. The number of fused-ring (bicyclic) bond motifs is 1. The van der Waals surface area contributed by atoms with Gasteiger partial charge in [0.25, 0.3) is 5.56 Å². The van der Waals surface area contributed by atoms with Gasteiger partial charge >= 0.3 is 5.69 Å². The zero-order valence-corrected chi connectivity index (χ0v) is 17.7. The minimum atomic E-state index is -0.396. The van der Waals surface area contributed by atoms with Gasteiger partial charge in [0.15, 0.2) is 0 Å². The second kappa shape index (κ2) is 8.59. The highest BCUT2D eigenvalue weighted by Gasteiger charge is 2.19. The molecule has 0 spiro atoms. The van der Waals surface area contributed by atoms with Crippen molar-refractivity contribution in [2.24, 2.45) is 0 Å². The number of hydrogen-bond donors (Lipinski definition) is 0. The van der Waals surface area contributed by atoms with Crippen LogP contribution in [0.5, 0.6) is 5.75 Å². The summed E-state index contributed by atoms with van der Waals surface area (Å²) in [6, 6.07) is 14.3. The molecule has 1 atom stereocenters. The predicted molar refractivity (Wildman–Crippen MR) is 117 cm³/mol. The van der Waals surface area contributed by atoms with E-state index in [0.717, 1.165) is 0 Å². The molecule has 2 heterocycles. The topological polar surface area (TPSA) is 92.2 Å². The SMILES string of the molecule is CCOc1ccccc1-c1noc(Cn2c(=O)n(C(C)CC)c(=O)c3ccccc32)n1. The Balaban J connectivity index is 1.81. The normalized spacial score (nSPS) is 12.2. The van der Waals surface area contributed by atoms with E-state index in [0.29, 0.717) is 41.1 Å². The Morgan fingerprint density at radius 1 is 1.06 bits per heavy atom. The molecule has 4 rings (SSSR count). The van der Waals surface area contributed by atoms with E-state index in [-0.39, 0.29) is 24.0 Å². The second-order valence-electron chi connectivity index (χ2n) is 7.26. The van der Waals surface area contributed by atoms with Crippen molar-refractivity contribution in [3.8, 4) is 17.1 Å². The maximum atomic E-state index is 13.2. The van der Waals surface area contributed by atoms with Gasteiger partial charge in [0.05, 0.1) is 23.1 Å². The molecule has 160 valence electrons. The van der Waals surface area contributed by atoms with Crippen molar-refractivity contribution < 1.29 is 9.26 Å². The van der Waals surface area contributed by atoms with E-state index >= 15 is 0 Å². The number of aromatic nitrogens is 4. The summed E-state index contributed by atoms with van der Waals surface area (Å²) in [6.45, 7) is 6.27. The summed E-state index contributed by atoms with van der Waals surface area (Å²) >= 11 is 0. The standard InChI is InChI=1S/C23H24N4O4/c1-4-15(3)27-22(28)16-10-6-8-12-18(16)26(23(27)29)14-20-24-21(25-31-20)17-11-7-9-13-19(17)30-5-2/h6-13,15H,4-5,14H2,1-3H3. The first-order chi connectivity index (χ1) is 15.0. The molecule has 0 amide bonds. The molecule has 8 heteroatoms. The molecule has 0 aliphatic carbocycles. The third-order valence-corrected chi connectivity index (χ3v) is 5.30. The lowest BCUT2D eigenvalue weighted by Gasteiger charge is -2.16. The van der Waals surface area contributed by atoms with Gasteiger partial charge < -0.3 is 9.26 Å². The third kappa shape index (κ3) is 3.76. The number of benzene rings is 2. The minimum absolute atomic E-state index is 0.0554. The van der Waals surface area contributed by atoms with Crippen LogP contribution >= 0.6 is 0 Å². The van der Waals surface area contributed by atoms with Gasteiger partial charge in [-0.3, -0.25) is 13.9 Å². The smallest absolute Gasteiger partial charge is 0.332 e. The average Bonchev–Trinajstić information content (AvgIpc) is 3.25. The molecule has 0 bridgehead atoms. The van der Waals surface area contributed by atoms with E-state index in [1.54, 1.807) is 24.3 Å². The number of rotatable bonds is 7. The fourth-order valence-electron chi connectivity index (χ4n) is 3.56. The zero-order chi connectivity index (χ0) is 22.0. The molecule has 1 unspecified atom stereocenters. The summed E-state index contributed by atoms with van der Waals surface area (Å²) < 4.78 is 13.9. The molecule has 8 nitrogen and oxygen atoms in total. The first-order valence-corrected chi connectivity index (χ1v) is 10.3. The highest BCUT2D eigenvalue weighted by Crippen LogP contribution is 2.27. The van der Waals surface area contributed by atoms with Crippen molar-refractivity contribution in [3.05, 3.63) is 75.3 Å². The summed E-state index contributed by atoms with van der Waals surface area (Å²) in [7, 11) is 0. The summed E-state index contributed by atoms with van der Waals surface area (Å²) in [5, 5.41) is 4.55. The largest absolute Gasteiger partial charge is 0.493 e. The van der Waals surface area contributed by atoms with Gasteiger partial charge in [0.2, 0.25) is 11.7 Å². The van der Waals surface area contributed by atoms with Crippen LogP contribution in [0.1, 0.15) is 39.1 Å². The Morgan fingerprint density at radius 2 is 1.81 bits per heavy atom. The van der Waals surface area contributed by atoms with E-state index in [1.165, 1.54) is 9.13 Å². The lowest BCUT2D eigenvalue weighted by molar-refractivity contribution is 0.340. The Kier molecular flexibility index (Phi) is 5.70. The molecular weight excluding hydrogens is 396 g/mol. The number of para-hydroxylation sites is 2. The molecule has 2 aromatic carbocycles. The van der Waals surface area contributed by atoms with Gasteiger partial charge in [-0.15, -0.1) is 0 Å². The number of nitrogens with zero attached hydrogens (tertiary/aromatic N) is 4. The Hall–Kier alpha value is -3.68. The Bertz CT molecular complexity index is 1340. The molecule has 0 aliphatic heterocycles. The molecule has 0 N–H and O–H groups in total. The van der Waals surface area contributed by atoms with E-state index in [2.05, 4.69) is 10.1 Å². The van der Waals surface area contributed by atoms with Crippen LogP contribution in [0.15, 0.2) is 62.6 Å². The highest BCUT2D eigenvalue weighted by molar-refractivity contribution is 5.77. The fourth-order valence-corrected chi connectivity index (χ4v) is 3.56. The van der Waals surface area contributed by atoms with Gasteiger partial charge in [0, 0.05) is 6.04 Å². The van der Waals surface area contributed by atoms with Crippen LogP contribution in [0, 0.1) is 0 Å². The second-order valence-corrected chi connectivity index (χ2v) is 7.26. The first kappa shape index (κ1) is 20.6. The summed E-state index contributed by atoms with van der Waals surface area (Å²) in [6.07, 6.45) is 0.659. The molecule has 0 saturated heterocycles. The van der Waals surface area contributed by atoms with E-state index in [1.807, 2.05) is 45.0 Å². The predicted octanol–water partition coefficient (Wildman–Crippen LogP) is 3.63. The average molecular weight is 420 g/mol. The van der Waals surface area contributed by atoms with Crippen LogP contribution in [0.4, 0.5) is 0 Å². The van der Waals surface area contributed by atoms with Crippen molar-refractivity contribution in [1.29, 1.82) is 0 Å². The van der Waals surface area contributed by atoms with E-state index in [4.69, 9.17) is 9.26 Å². The minimum Gasteiger partial charge on any atom is -0.493 e. The lowest BCUT2D eigenvalue weighted by atomic mass is 10.2. The van der Waals surface area contributed by atoms with Crippen molar-refractivity contribution >= 4 is 10.9 Å². The van der Waals surface area contributed by atoms with Gasteiger partial charge in [0.1, 0.15) is 12.3 Å². The van der Waals surface area contributed by atoms with Gasteiger partial charge in [-0.1, -0.05) is 36.3 Å². The van der Waals surface area contributed by atoms with Gasteiger partial charge in [-0.25, -0.2) is 4.79 Å². The van der Waals surface area contributed by atoms with Crippen molar-refractivity contribution in [3.63, 3.8) is 0 Å². The summed E-state index contributed by atoms with van der Waals surface area (Å²) in [5.74, 6) is 1.31. The third-order valence-electron chi connectivity index (χ3n) is 5.30. The number of ether oxygens (including phenoxy) is 1. The van der Waals surface area contributed by atoms with Crippen molar-refractivity contribution in [2.75, 3.05) is 6.61 Å². The van der Waals surface area contributed by atoms with Crippen LogP contribution < -0.4 is 16.0 Å². The van der Waals surface area contributed by atoms with Crippen LogP contribution in [0.25, 0.3) is 22.3 Å². The maximum absolute atomic E-state index is 13.2. The van der Waals surface area contributed by atoms with Crippen LogP contribution in [-0.2, 0) is 6.54 Å². The Labute approximate surface area is 178 Å². The molecule has 0 aliphatic rings. The van der Waals surface area contributed by atoms with Crippen molar-refractivity contribution in [1.82, 2.24) is 19.3 Å². The molecule has 31 heavy (non-hydrogen) atoms. The van der Waals surface area contributed by atoms with Crippen LogP contribution in [0.3, 0.4) is 0 Å². The van der Waals surface area contributed by atoms with Crippen molar-refractivity contribution in [2.45, 2.75) is 39.8 Å². The van der Waals surface area contributed by atoms with E-state index < -0.39 is 5.69 Å². The van der Waals surface area contributed by atoms with E-state index in [9.17, 15) is 9.59 Å². The molecule has 0 fully saturated rings. The lowest BCUT2D eigenvalue weighted by Crippen LogP contribution is -2.41. The summed E-state index contributed by atoms with van der Waals surface area (Å²) in [4.78, 5) is 30.6. The first-order valence-electron chi connectivity index (χ1n) is 10.3. The zero-order valence-electron chi connectivity index (χ0n) is 17.7. The van der Waals surface area contributed by atoms with Gasteiger partial charge in [-0.2, -0.15) is 4.98 Å². The molecule has 2 aromatic heterocycles. The Morgan fingerprint density at radius 3 is 2.58 bits per heavy atom. The molecule has 4 aromatic rings. The van der Waals surface area contributed by atoms with Crippen LogP contribution in [-0.4, -0.2) is 25.9 Å². The van der Waals surface area contributed by atoms with Gasteiger partial charge in [-0.05, 0) is 44.5 Å². The molecular formula is C23H24N4O4. The van der Waals surface area contributed by atoms with Crippen LogP contribution in [0.2, 0.25) is 0 Å². The molecule has 0 radical (unpaired) electrons. The fraction of sp³-hybridized carbons (Fsp3) is 0.304. The highest BCUT2D eigenvalue weighted by atomic mass is 16.5. The molecule has 0 saturated carbocycles. The maximum Gasteiger partial charge on any atom is 0.332 e. The quantitative estimate of drug-likeness (QED) is 0.453. The monoisotopic (exact) mass is 420 g/mol. The number of hydrogen-bond acceptors (Lipinski definition) is 6.